The van der Waals surface area contributed by atoms with Crippen LogP contribution in [0.3, 0.4) is 0 Å². The molecule has 11 heteroatoms. The van der Waals surface area contributed by atoms with E-state index in [0.29, 0.717) is 11.3 Å². The summed E-state index contributed by atoms with van der Waals surface area (Å²) in [7, 11) is 1.20. The maximum Gasteiger partial charge on any atom is 0.328 e. The van der Waals surface area contributed by atoms with E-state index in [-0.39, 0.29) is 17.2 Å². The lowest BCUT2D eigenvalue weighted by atomic mass is 10.2. The van der Waals surface area contributed by atoms with E-state index in [4.69, 9.17) is 4.74 Å². The zero-order valence-electron chi connectivity index (χ0n) is 16.9. The van der Waals surface area contributed by atoms with Crippen molar-refractivity contribution in [2.75, 3.05) is 7.11 Å². The quantitative estimate of drug-likeness (QED) is 0.159. The van der Waals surface area contributed by atoms with Gasteiger partial charge in [0.15, 0.2) is 0 Å². The highest BCUT2D eigenvalue weighted by molar-refractivity contribution is 14.1. The molecule has 1 aliphatic rings. The first-order valence-corrected chi connectivity index (χ1v) is 11.1. The molecule has 1 aliphatic heterocycles. The molecular formula is C21H17IN2O7S. The van der Waals surface area contributed by atoms with Crippen molar-refractivity contribution < 1.29 is 28.8 Å². The number of carbonyl (C=O) groups excluding carboxylic acids is 3. The van der Waals surface area contributed by atoms with Crippen LogP contribution in [0.4, 0.5) is 10.5 Å². The van der Waals surface area contributed by atoms with Crippen molar-refractivity contribution in [3.05, 3.63) is 72.2 Å². The van der Waals surface area contributed by atoms with Crippen LogP contribution >= 0.6 is 34.4 Å². The predicted octanol–water partition coefficient (Wildman–Crippen LogP) is 4.38. The summed E-state index contributed by atoms with van der Waals surface area (Å²) in [6.45, 7) is 1.67. The Morgan fingerprint density at radius 2 is 1.94 bits per heavy atom. The molecule has 2 aromatic carbocycles. The number of benzene rings is 2. The molecule has 0 bridgehead atoms. The van der Waals surface area contributed by atoms with Crippen molar-refractivity contribution >= 4 is 63.2 Å². The van der Waals surface area contributed by atoms with E-state index in [0.717, 1.165) is 25.8 Å². The van der Waals surface area contributed by atoms with E-state index in [1.807, 2.05) is 0 Å². The Morgan fingerprint density at radius 1 is 1.25 bits per heavy atom. The van der Waals surface area contributed by atoms with Crippen LogP contribution in [0.1, 0.15) is 18.1 Å². The minimum absolute atomic E-state index is 0.0121. The topological polar surface area (TPSA) is 116 Å². The summed E-state index contributed by atoms with van der Waals surface area (Å²) < 4.78 is 11.2. The number of methoxy groups -OCH3 is 1. The number of hydrogen-bond donors (Lipinski definition) is 0. The van der Waals surface area contributed by atoms with Crippen molar-refractivity contribution in [3.63, 3.8) is 0 Å². The summed E-state index contributed by atoms with van der Waals surface area (Å²) >= 11 is 2.86. The number of nitro benzene ring substituents is 1. The molecule has 166 valence electrons. The lowest BCUT2D eigenvalue weighted by Gasteiger charge is -2.18. The molecule has 0 aromatic heterocycles. The molecule has 3 rings (SSSR count). The van der Waals surface area contributed by atoms with Gasteiger partial charge in [-0.15, -0.1) is 0 Å². The second-order valence-corrected chi connectivity index (χ2v) is 8.81. The van der Waals surface area contributed by atoms with Crippen LogP contribution in [0.2, 0.25) is 0 Å². The van der Waals surface area contributed by atoms with Crippen molar-refractivity contribution in [1.29, 1.82) is 0 Å². The lowest BCUT2D eigenvalue weighted by Crippen LogP contribution is -2.42. The Labute approximate surface area is 201 Å². The van der Waals surface area contributed by atoms with E-state index in [1.165, 1.54) is 26.2 Å². The van der Waals surface area contributed by atoms with Crippen molar-refractivity contribution in [2.24, 2.45) is 0 Å². The van der Waals surface area contributed by atoms with Gasteiger partial charge in [0.1, 0.15) is 18.4 Å². The van der Waals surface area contributed by atoms with Gasteiger partial charge in [-0.3, -0.25) is 24.6 Å². The van der Waals surface area contributed by atoms with Crippen LogP contribution in [0.15, 0.2) is 47.4 Å². The highest BCUT2D eigenvalue weighted by Gasteiger charge is 2.41. The Morgan fingerprint density at radius 3 is 2.53 bits per heavy atom. The predicted molar refractivity (Wildman–Crippen MR) is 126 cm³/mol. The molecule has 1 atom stereocenters. The molecule has 0 radical (unpaired) electrons. The molecule has 1 fully saturated rings. The normalized spacial score (nSPS) is 15.7. The van der Waals surface area contributed by atoms with E-state index in [9.17, 15) is 24.5 Å². The van der Waals surface area contributed by atoms with Gasteiger partial charge in [-0.1, -0.05) is 6.07 Å². The molecular weight excluding hydrogens is 551 g/mol. The third-order valence-electron chi connectivity index (χ3n) is 4.55. The van der Waals surface area contributed by atoms with Crippen molar-refractivity contribution in [1.82, 2.24) is 4.90 Å². The number of thioether (sulfide) groups is 1. The molecule has 0 unspecified atom stereocenters. The zero-order chi connectivity index (χ0) is 23.4. The maximum atomic E-state index is 12.6. The number of hydrogen-bond acceptors (Lipinski definition) is 8. The third kappa shape index (κ3) is 5.27. The fraction of sp³-hybridized carbons (Fsp3) is 0.190. The molecule has 0 aliphatic carbocycles. The average molecular weight is 568 g/mol. The van der Waals surface area contributed by atoms with Crippen LogP contribution in [-0.2, 0) is 20.9 Å². The SMILES string of the molecule is COC(=O)[C@H](C)N1C(=O)S/C(=C/c2ccc(OCc3ccc([N+](=O)[O-])cc3)c(I)c2)C1=O. The smallest absolute Gasteiger partial charge is 0.328 e. The molecule has 0 N–H and O–H groups in total. The third-order valence-corrected chi connectivity index (χ3v) is 6.28. The summed E-state index contributed by atoms with van der Waals surface area (Å²) in [5.74, 6) is -0.613. The van der Waals surface area contributed by atoms with E-state index in [2.05, 4.69) is 27.3 Å². The Bertz CT molecular complexity index is 1120. The van der Waals surface area contributed by atoms with Gasteiger partial charge in [-0.2, -0.15) is 0 Å². The minimum atomic E-state index is -1.01. The number of amides is 2. The number of nitrogens with zero attached hydrogens (tertiary/aromatic N) is 2. The summed E-state index contributed by atoms with van der Waals surface area (Å²) in [4.78, 5) is 47.9. The molecule has 32 heavy (non-hydrogen) atoms. The molecule has 2 aromatic rings. The van der Waals surface area contributed by atoms with Crippen molar-refractivity contribution in [3.8, 4) is 5.75 Å². The summed E-state index contributed by atoms with van der Waals surface area (Å²) in [6, 6.07) is 10.4. The van der Waals surface area contributed by atoms with Crippen LogP contribution in [0.25, 0.3) is 6.08 Å². The van der Waals surface area contributed by atoms with Gasteiger partial charge in [0.05, 0.1) is 20.5 Å². The molecule has 0 spiro atoms. The summed E-state index contributed by atoms with van der Waals surface area (Å²) in [6.07, 6.45) is 1.58. The first-order chi connectivity index (χ1) is 15.2. The summed E-state index contributed by atoms with van der Waals surface area (Å²) in [5, 5.41) is 10.2. The Hall–Kier alpha value is -2.93. The highest BCUT2D eigenvalue weighted by Crippen LogP contribution is 2.34. The number of halogens is 1. The lowest BCUT2D eigenvalue weighted by molar-refractivity contribution is -0.384. The van der Waals surface area contributed by atoms with E-state index < -0.39 is 28.1 Å². The monoisotopic (exact) mass is 568 g/mol. The Kier molecular flexibility index (Phi) is 7.51. The standard InChI is InChI=1S/C21H17IN2O7S/c1-12(20(26)30-2)23-19(25)18(32-21(23)27)10-14-5-8-17(16(22)9-14)31-11-13-3-6-15(7-4-13)24(28)29/h3-10,12H,11H2,1-2H3/b18-10+/t12-/m0/s1. The molecule has 0 saturated carbocycles. The number of ether oxygens (including phenoxy) is 2. The van der Waals surface area contributed by atoms with Gasteiger partial charge >= 0.3 is 5.97 Å². The first kappa shape index (κ1) is 23.7. The van der Waals surface area contributed by atoms with Crippen molar-refractivity contribution in [2.45, 2.75) is 19.6 Å². The number of rotatable bonds is 7. The van der Waals surface area contributed by atoms with Gasteiger partial charge in [-0.05, 0) is 82.7 Å². The van der Waals surface area contributed by atoms with Crippen LogP contribution < -0.4 is 4.74 Å². The largest absolute Gasteiger partial charge is 0.488 e. The number of esters is 1. The second kappa shape index (κ2) is 10.1. The molecule has 9 nitrogen and oxygen atoms in total. The van der Waals surface area contributed by atoms with Gasteiger partial charge in [-0.25, -0.2) is 4.79 Å². The minimum Gasteiger partial charge on any atom is -0.488 e. The summed E-state index contributed by atoms with van der Waals surface area (Å²) in [5.41, 5.74) is 1.48. The van der Waals surface area contributed by atoms with Gasteiger partial charge in [0.2, 0.25) is 0 Å². The number of carbonyl (C=O) groups is 3. The van der Waals surface area contributed by atoms with E-state index >= 15 is 0 Å². The zero-order valence-corrected chi connectivity index (χ0v) is 19.9. The fourth-order valence-corrected chi connectivity index (χ4v) is 4.44. The maximum absolute atomic E-state index is 12.6. The molecule has 1 saturated heterocycles. The fourth-order valence-electron chi connectivity index (χ4n) is 2.84. The first-order valence-electron chi connectivity index (χ1n) is 9.22. The van der Waals surface area contributed by atoms with Gasteiger partial charge in [0, 0.05) is 12.1 Å². The van der Waals surface area contributed by atoms with Gasteiger partial charge in [0.25, 0.3) is 16.8 Å². The average Bonchev–Trinajstić information content (AvgIpc) is 3.05. The number of imide groups is 1. The second-order valence-electron chi connectivity index (χ2n) is 6.65. The van der Waals surface area contributed by atoms with Crippen LogP contribution in [0, 0.1) is 13.7 Å². The van der Waals surface area contributed by atoms with E-state index in [1.54, 1.807) is 36.4 Å². The van der Waals surface area contributed by atoms with Gasteiger partial charge < -0.3 is 9.47 Å². The number of non-ortho nitro benzene ring substituents is 1. The van der Waals surface area contributed by atoms with Crippen LogP contribution in [0.5, 0.6) is 5.75 Å². The highest BCUT2D eigenvalue weighted by atomic mass is 127. The van der Waals surface area contributed by atoms with Crippen LogP contribution in [-0.4, -0.2) is 40.1 Å². The molecule has 1 heterocycles. The molecule has 2 amide bonds. The Balaban J connectivity index is 1.70. The number of nitro groups is 1.